The third-order valence-corrected chi connectivity index (χ3v) is 3.66. The Kier molecular flexibility index (Phi) is 4.98. The van der Waals surface area contributed by atoms with E-state index in [1.807, 2.05) is 6.92 Å². The molecule has 0 aliphatic heterocycles. The fourth-order valence-electron chi connectivity index (χ4n) is 2.14. The van der Waals surface area contributed by atoms with Crippen LogP contribution in [0.3, 0.4) is 0 Å². The molecule has 2 aromatic carbocycles. The van der Waals surface area contributed by atoms with Crippen LogP contribution in [0.5, 0.6) is 0 Å². The number of fused-ring (bicyclic) bond motifs is 1. The van der Waals surface area contributed by atoms with Crippen molar-refractivity contribution in [1.82, 2.24) is 5.43 Å². The van der Waals surface area contributed by atoms with Crippen LogP contribution < -0.4 is 11.3 Å². The lowest BCUT2D eigenvalue weighted by atomic mass is 9.99. The second-order valence-electron chi connectivity index (χ2n) is 4.44. The predicted octanol–water partition coefficient (Wildman–Crippen LogP) is 3.91. The third kappa shape index (κ3) is 3.57. The summed E-state index contributed by atoms with van der Waals surface area (Å²) < 4.78 is 1.10. The van der Waals surface area contributed by atoms with Crippen LogP contribution in [0, 0.1) is 11.8 Å². The average molecular weight is 317 g/mol. The Morgan fingerprint density at radius 2 is 1.95 bits per heavy atom. The lowest BCUT2D eigenvalue weighted by molar-refractivity contribution is 0.524. The lowest BCUT2D eigenvalue weighted by Gasteiger charge is -2.15. The molecule has 0 saturated heterocycles. The Morgan fingerprint density at radius 1 is 1.21 bits per heavy atom. The minimum Gasteiger partial charge on any atom is -0.271 e. The van der Waals surface area contributed by atoms with Crippen molar-refractivity contribution in [3.05, 3.63) is 46.4 Å². The van der Waals surface area contributed by atoms with E-state index < -0.39 is 0 Å². The maximum absolute atomic E-state index is 5.65. The molecule has 3 heteroatoms. The molecule has 0 amide bonds. The van der Waals surface area contributed by atoms with E-state index in [1.54, 1.807) is 0 Å². The summed E-state index contributed by atoms with van der Waals surface area (Å²) in [6, 6.07) is 12.9. The Bertz CT molecular complexity index is 625. The first-order valence-corrected chi connectivity index (χ1v) is 7.09. The molecule has 0 aromatic heterocycles. The number of nitrogens with one attached hydrogen (secondary N) is 1. The molecular weight excluding hydrogens is 300 g/mol. The summed E-state index contributed by atoms with van der Waals surface area (Å²) in [5.41, 5.74) is 4.08. The van der Waals surface area contributed by atoms with Crippen molar-refractivity contribution in [2.24, 2.45) is 5.84 Å². The molecule has 0 radical (unpaired) electrons. The van der Waals surface area contributed by atoms with Crippen LogP contribution in [-0.4, -0.2) is 0 Å². The van der Waals surface area contributed by atoms with Gasteiger partial charge in [0.05, 0.1) is 0 Å². The summed E-state index contributed by atoms with van der Waals surface area (Å²) in [6.07, 6.45) is 1.77. The number of halogens is 1. The number of nitrogens with two attached hydrogens (primary N) is 1. The van der Waals surface area contributed by atoms with Crippen molar-refractivity contribution in [3.63, 3.8) is 0 Å². The van der Waals surface area contributed by atoms with Crippen LogP contribution in [0.4, 0.5) is 0 Å². The number of rotatable bonds is 4. The number of hydrogen-bond acceptors (Lipinski definition) is 2. The lowest BCUT2D eigenvalue weighted by Crippen LogP contribution is -2.27. The van der Waals surface area contributed by atoms with E-state index in [1.165, 1.54) is 16.3 Å². The van der Waals surface area contributed by atoms with Crippen LogP contribution in [0.2, 0.25) is 0 Å². The highest BCUT2D eigenvalue weighted by atomic mass is 79.9. The Balaban J connectivity index is 2.27. The van der Waals surface area contributed by atoms with Gasteiger partial charge in [-0.1, -0.05) is 34.1 Å². The summed E-state index contributed by atoms with van der Waals surface area (Å²) in [5.74, 6) is 11.6. The molecule has 0 saturated carbocycles. The topological polar surface area (TPSA) is 38.0 Å². The van der Waals surface area contributed by atoms with Crippen molar-refractivity contribution >= 4 is 26.7 Å². The first kappa shape index (κ1) is 14.1. The third-order valence-electron chi connectivity index (χ3n) is 3.16. The zero-order valence-electron chi connectivity index (χ0n) is 10.9. The summed E-state index contributed by atoms with van der Waals surface area (Å²) in [4.78, 5) is 0. The molecule has 2 rings (SSSR count). The number of hydrogen-bond donors (Lipinski definition) is 2. The zero-order chi connectivity index (χ0) is 13.7. The van der Waals surface area contributed by atoms with Gasteiger partial charge in [-0.25, -0.2) is 0 Å². The summed E-state index contributed by atoms with van der Waals surface area (Å²) in [5, 5.41) is 2.45. The fourth-order valence-corrected chi connectivity index (χ4v) is 2.52. The standard InChI is InChI=1S/C16H17BrN2/c1-2-3-4-5-16(19-18)14-7-6-13-11-15(17)9-8-12(13)10-14/h6-11,16,19H,4-5,18H2,1H3. The van der Waals surface area contributed by atoms with Crippen LogP contribution in [0.1, 0.15) is 31.4 Å². The van der Waals surface area contributed by atoms with Crippen LogP contribution >= 0.6 is 15.9 Å². The molecule has 0 aliphatic rings. The van der Waals surface area contributed by atoms with Crippen LogP contribution in [0.15, 0.2) is 40.9 Å². The number of hydrazine groups is 1. The highest BCUT2D eigenvalue weighted by molar-refractivity contribution is 9.10. The zero-order valence-corrected chi connectivity index (χ0v) is 12.5. The molecule has 0 heterocycles. The molecule has 1 atom stereocenters. The highest BCUT2D eigenvalue weighted by Gasteiger charge is 2.09. The fraction of sp³-hybridized carbons (Fsp3) is 0.250. The average Bonchev–Trinajstić information content (AvgIpc) is 2.43. The van der Waals surface area contributed by atoms with Crippen molar-refractivity contribution in [3.8, 4) is 11.8 Å². The second kappa shape index (κ2) is 6.72. The summed E-state index contributed by atoms with van der Waals surface area (Å²) in [6.45, 7) is 1.86. The molecule has 19 heavy (non-hydrogen) atoms. The molecule has 2 nitrogen and oxygen atoms in total. The van der Waals surface area contributed by atoms with E-state index >= 15 is 0 Å². The molecule has 98 valence electrons. The Labute approximate surface area is 122 Å². The Hall–Kier alpha value is -1.34. The van der Waals surface area contributed by atoms with Crippen molar-refractivity contribution in [2.45, 2.75) is 25.8 Å². The van der Waals surface area contributed by atoms with Crippen LogP contribution in [0.25, 0.3) is 10.8 Å². The molecule has 0 bridgehead atoms. The molecule has 0 fully saturated rings. The van der Waals surface area contributed by atoms with E-state index in [9.17, 15) is 0 Å². The van der Waals surface area contributed by atoms with Gasteiger partial charge in [0.2, 0.25) is 0 Å². The van der Waals surface area contributed by atoms with Gasteiger partial charge in [0, 0.05) is 16.9 Å². The van der Waals surface area contributed by atoms with Crippen molar-refractivity contribution in [1.29, 1.82) is 0 Å². The monoisotopic (exact) mass is 316 g/mol. The maximum Gasteiger partial charge on any atom is 0.0469 e. The van der Waals surface area contributed by atoms with Gasteiger partial charge in [-0.2, -0.15) is 0 Å². The minimum atomic E-state index is 0.147. The first-order valence-electron chi connectivity index (χ1n) is 6.29. The van der Waals surface area contributed by atoms with E-state index in [0.717, 1.165) is 17.3 Å². The summed E-state index contributed by atoms with van der Waals surface area (Å²) >= 11 is 3.49. The molecule has 0 aliphatic carbocycles. The SMILES string of the molecule is CC#CCCC(NN)c1ccc2cc(Br)ccc2c1. The van der Waals surface area contributed by atoms with Gasteiger partial charge in [0.25, 0.3) is 0 Å². The van der Waals surface area contributed by atoms with Gasteiger partial charge in [-0.15, -0.1) is 11.8 Å². The van der Waals surface area contributed by atoms with Gasteiger partial charge in [0.1, 0.15) is 0 Å². The van der Waals surface area contributed by atoms with E-state index in [4.69, 9.17) is 5.84 Å². The number of benzene rings is 2. The van der Waals surface area contributed by atoms with Gasteiger partial charge in [0.15, 0.2) is 0 Å². The minimum absolute atomic E-state index is 0.147. The second-order valence-corrected chi connectivity index (χ2v) is 5.35. The van der Waals surface area contributed by atoms with E-state index in [2.05, 4.69) is 69.6 Å². The van der Waals surface area contributed by atoms with Gasteiger partial charge in [-0.05, 0) is 47.9 Å². The molecular formula is C16H17BrN2. The highest BCUT2D eigenvalue weighted by Crippen LogP contribution is 2.25. The predicted molar refractivity (Wildman–Crippen MR) is 84.4 cm³/mol. The summed E-state index contributed by atoms with van der Waals surface area (Å²) in [7, 11) is 0. The van der Waals surface area contributed by atoms with Crippen molar-refractivity contribution < 1.29 is 0 Å². The van der Waals surface area contributed by atoms with Crippen LogP contribution in [-0.2, 0) is 0 Å². The van der Waals surface area contributed by atoms with Gasteiger partial charge in [-0.3, -0.25) is 11.3 Å². The van der Waals surface area contributed by atoms with Gasteiger partial charge < -0.3 is 0 Å². The molecule has 2 aromatic rings. The maximum atomic E-state index is 5.65. The van der Waals surface area contributed by atoms with Crippen molar-refractivity contribution in [2.75, 3.05) is 0 Å². The first-order chi connectivity index (χ1) is 9.24. The van der Waals surface area contributed by atoms with E-state index in [0.29, 0.717) is 0 Å². The molecule has 0 spiro atoms. The normalized spacial score (nSPS) is 11.9. The molecule has 3 N–H and O–H groups in total. The quantitative estimate of drug-likeness (QED) is 0.510. The largest absolute Gasteiger partial charge is 0.271 e. The Morgan fingerprint density at radius 3 is 2.68 bits per heavy atom. The molecule has 1 unspecified atom stereocenters. The smallest absolute Gasteiger partial charge is 0.0469 e. The van der Waals surface area contributed by atoms with Gasteiger partial charge >= 0.3 is 0 Å². The van der Waals surface area contributed by atoms with E-state index in [-0.39, 0.29) is 6.04 Å².